The van der Waals surface area contributed by atoms with Crippen LogP contribution in [0.5, 0.6) is 0 Å². The Bertz CT molecular complexity index is 711. The van der Waals surface area contributed by atoms with E-state index in [-0.39, 0.29) is 23.1 Å². The minimum atomic E-state index is -0.361. The van der Waals surface area contributed by atoms with Gasteiger partial charge in [0.05, 0.1) is 0 Å². The van der Waals surface area contributed by atoms with E-state index in [0.717, 1.165) is 18.4 Å². The quantitative estimate of drug-likeness (QED) is 0.884. The molecule has 0 atom stereocenters. The Morgan fingerprint density at radius 1 is 0.960 bits per heavy atom. The van der Waals surface area contributed by atoms with Gasteiger partial charge in [-0.15, -0.1) is 0 Å². The maximum atomic E-state index is 13.2. The highest BCUT2D eigenvalue weighted by Crippen LogP contribution is 2.34. The van der Waals surface area contributed by atoms with Crippen molar-refractivity contribution in [3.05, 3.63) is 65.7 Å². The molecule has 0 aromatic heterocycles. The highest BCUT2D eigenvalue weighted by atomic mass is 19.1. The zero-order valence-corrected chi connectivity index (χ0v) is 13.7. The molecular formula is C19H20F2N2O2. The number of nitrogens with one attached hydrogen (secondary N) is 2. The maximum absolute atomic E-state index is 13.2. The molecule has 2 aromatic rings. The molecule has 1 aliphatic heterocycles. The summed E-state index contributed by atoms with van der Waals surface area (Å²) >= 11 is 0. The third-order valence-electron chi connectivity index (χ3n) is 4.60. The number of halogens is 2. The van der Waals surface area contributed by atoms with Crippen LogP contribution in [0.2, 0.25) is 0 Å². The lowest BCUT2D eigenvalue weighted by Gasteiger charge is -2.38. The van der Waals surface area contributed by atoms with Crippen LogP contribution in [-0.4, -0.2) is 25.8 Å². The van der Waals surface area contributed by atoms with Crippen molar-refractivity contribution in [2.24, 2.45) is 0 Å². The van der Waals surface area contributed by atoms with Gasteiger partial charge in [-0.1, -0.05) is 12.1 Å². The minimum absolute atomic E-state index is 0.284. The zero-order chi connectivity index (χ0) is 17.7. The van der Waals surface area contributed by atoms with E-state index in [1.165, 1.54) is 36.4 Å². The first kappa shape index (κ1) is 17.4. The van der Waals surface area contributed by atoms with Gasteiger partial charge in [0.1, 0.15) is 11.6 Å². The second kappa shape index (κ2) is 7.61. The summed E-state index contributed by atoms with van der Waals surface area (Å²) in [5.41, 5.74) is 1.22. The van der Waals surface area contributed by atoms with Crippen molar-refractivity contribution in [3.8, 4) is 0 Å². The zero-order valence-electron chi connectivity index (χ0n) is 13.7. The molecule has 4 nitrogen and oxygen atoms in total. The van der Waals surface area contributed by atoms with Gasteiger partial charge < -0.3 is 15.4 Å². The van der Waals surface area contributed by atoms with Crippen LogP contribution in [0.1, 0.15) is 18.4 Å². The second-order valence-corrected chi connectivity index (χ2v) is 6.21. The smallest absolute Gasteiger partial charge is 0.319 e. The molecule has 0 radical (unpaired) electrons. The third kappa shape index (κ3) is 4.33. The van der Waals surface area contributed by atoms with E-state index >= 15 is 0 Å². The van der Waals surface area contributed by atoms with Crippen LogP contribution in [0.4, 0.5) is 19.3 Å². The molecule has 0 bridgehead atoms. The van der Waals surface area contributed by atoms with Gasteiger partial charge in [-0.3, -0.25) is 0 Å². The molecule has 25 heavy (non-hydrogen) atoms. The topological polar surface area (TPSA) is 50.4 Å². The van der Waals surface area contributed by atoms with Crippen LogP contribution in [-0.2, 0) is 10.2 Å². The Morgan fingerprint density at radius 3 is 2.12 bits per heavy atom. The SMILES string of the molecule is O=C(NCC1(c2ccc(F)cc2)CCOCC1)Nc1ccc(F)cc1. The second-order valence-electron chi connectivity index (χ2n) is 6.21. The lowest BCUT2D eigenvalue weighted by atomic mass is 9.74. The molecule has 0 aliphatic carbocycles. The molecule has 6 heteroatoms. The summed E-state index contributed by atoms with van der Waals surface area (Å²) in [6.07, 6.45) is 1.49. The van der Waals surface area contributed by atoms with Gasteiger partial charge in [-0.25, -0.2) is 13.6 Å². The molecule has 1 saturated heterocycles. The molecule has 1 aliphatic rings. The van der Waals surface area contributed by atoms with Gasteiger partial charge in [0.15, 0.2) is 0 Å². The summed E-state index contributed by atoms with van der Waals surface area (Å²) in [7, 11) is 0. The molecule has 0 unspecified atom stereocenters. The number of hydrogen-bond acceptors (Lipinski definition) is 2. The van der Waals surface area contributed by atoms with Gasteiger partial charge in [0, 0.05) is 30.9 Å². The van der Waals surface area contributed by atoms with Crippen molar-refractivity contribution in [2.75, 3.05) is 25.1 Å². The summed E-state index contributed by atoms with van der Waals surface area (Å²) in [5, 5.41) is 5.55. The number of rotatable bonds is 4. The Labute approximate surface area is 145 Å². The van der Waals surface area contributed by atoms with Crippen LogP contribution >= 0.6 is 0 Å². The van der Waals surface area contributed by atoms with Crippen molar-refractivity contribution in [3.63, 3.8) is 0 Å². The van der Waals surface area contributed by atoms with Crippen LogP contribution in [0.15, 0.2) is 48.5 Å². The first-order valence-electron chi connectivity index (χ1n) is 8.22. The molecule has 0 spiro atoms. The first-order valence-corrected chi connectivity index (χ1v) is 8.22. The van der Waals surface area contributed by atoms with Crippen molar-refractivity contribution >= 4 is 11.7 Å². The molecule has 2 aromatic carbocycles. The molecule has 0 saturated carbocycles. The van der Waals surface area contributed by atoms with Crippen molar-refractivity contribution < 1.29 is 18.3 Å². The summed E-state index contributed by atoms with van der Waals surface area (Å²) in [6.45, 7) is 1.60. The van der Waals surface area contributed by atoms with E-state index in [2.05, 4.69) is 10.6 Å². The molecular weight excluding hydrogens is 326 g/mol. The highest BCUT2D eigenvalue weighted by molar-refractivity contribution is 5.89. The Morgan fingerprint density at radius 2 is 1.52 bits per heavy atom. The van der Waals surface area contributed by atoms with Gasteiger partial charge in [-0.05, 0) is 54.8 Å². The standard InChI is InChI=1S/C19H20F2N2O2/c20-15-3-1-14(2-4-15)19(9-11-25-12-10-19)13-22-18(24)23-17-7-5-16(21)6-8-17/h1-8H,9-13H2,(H2,22,23,24). The van der Waals surface area contributed by atoms with Crippen LogP contribution in [0, 0.1) is 11.6 Å². The number of amides is 2. The van der Waals surface area contributed by atoms with E-state index < -0.39 is 0 Å². The Hall–Kier alpha value is -2.47. The highest BCUT2D eigenvalue weighted by Gasteiger charge is 2.34. The summed E-state index contributed by atoms with van der Waals surface area (Å²) < 4.78 is 31.6. The average molecular weight is 346 g/mol. The van der Waals surface area contributed by atoms with Crippen LogP contribution in [0.25, 0.3) is 0 Å². The normalized spacial score (nSPS) is 16.2. The van der Waals surface area contributed by atoms with E-state index in [9.17, 15) is 13.6 Å². The molecule has 2 N–H and O–H groups in total. The van der Waals surface area contributed by atoms with E-state index in [1.807, 2.05) is 0 Å². The number of carbonyl (C=O) groups excluding carboxylic acids is 1. The number of anilines is 1. The average Bonchev–Trinajstić information content (AvgIpc) is 2.63. The van der Waals surface area contributed by atoms with Crippen molar-refractivity contribution in [1.82, 2.24) is 5.32 Å². The molecule has 3 rings (SSSR count). The summed E-state index contributed by atoms with van der Waals surface area (Å²) in [5.74, 6) is -0.642. The number of ether oxygens (including phenoxy) is 1. The molecule has 1 heterocycles. The monoisotopic (exact) mass is 346 g/mol. The maximum Gasteiger partial charge on any atom is 0.319 e. The summed E-state index contributed by atoms with van der Waals surface area (Å²) in [4.78, 5) is 12.2. The van der Waals surface area contributed by atoms with Crippen molar-refractivity contribution in [2.45, 2.75) is 18.3 Å². The number of urea groups is 1. The first-order chi connectivity index (χ1) is 12.1. The third-order valence-corrected chi connectivity index (χ3v) is 4.60. The molecule has 2 amide bonds. The van der Waals surface area contributed by atoms with E-state index in [4.69, 9.17) is 4.74 Å². The summed E-state index contributed by atoms with van der Waals surface area (Å²) in [6, 6.07) is 11.6. The Balaban J connectivity index is 1.67. The predicted octanol–water partition coefficient (Wildman–Crippen LogP) is 3.83. The van der Waals surface area contributed by atoms with Gasteiger partial charge in [0.25, 0.3) is 0 Å². The lowest BCUT2D eigenvalue weighted by Crippen LogP contribution is -2.45. The predicted molar refractivity (Wildman–Crippen MR) is 91.6 cm³/mol. The van der Waals surface area contributed by atoms with Gasteiger partial charge in [0.2, 0.25) is 0 Å². The van der Waals surface area contributed by atoms with Gasteiger partial charge in [-0.2, -0.15) is 0 Å². The van der Waals surface area contributed by atoms with Crippen LogP contribution < -0.4 is 10.6 Å². The molecule has 132 valence electrons. The fourth-order valence-corrected chi connectivity index (χ4v) is 3.09. The van der Waals surface area contributed by atoms with E-state index in [1.54, 1.807) is 12.1 Å². The number of carbonyl (C=O) groups is 1. The van der Waals surface area contributed by atoms with Crippen molar-refractivity contribution in [1.29, 1.82) is 0 Å². The van der Waals surface area contributed by atoms with Gasteiger partial charge >= 0.3 is 6.03 Å². The number of hydrogen-bond donors (Lipinski definition) is 2. The Kier molecular flexibility index (Phi) is 5.28. The van der Waals surface area contributed by atoms with Crippen LogP contribution in [0.3, 0.4) is 0 Å². The number of benzene rings is 2. The van der Waals surface area contributed by atoms with E-state index in [0.29, 0.717) is 25.4 Å². The molecule has 1 fully saturated rings. The fraction of sp³-hybridized carbons (Fsp3) is 0.316. The lowest BCUT2D eigenvalue weighted by molar-refractivity contribution is 0.0508. The fourth-order valence-electron chi connectivity index (χ4n) is 3.09. The largest absolute Gasteiger partial charge is 0.381 e. The minimum Gasteiger partial charge on any atom is -0.381 e.